The molecule has 0 spiro atoms. The first-order chi connectivity index (χ1) is 9.32. The van der Waals surface area contributed by atoms with Crippen molar-refractivity contribution in [3.8, 4) is 0 Å². The highest BCUT2D eigenvalue weighted by atomic mass is 32.2. The maximum absolute atomic E-state index is 11.8. The highest BCUT2D eigenvalue weighted by Gasteiger charge is 2.20. The monoisotopic (exact) mass is 303 g/mol. The molecule has 2 N–H and O–H groups in total. The van der Waals surface area contributed by atoms with E-state index in [2.05, 4.69) is 15.0 Å². The van der Waals surface area contributed by atoms with Gasteiger partial charge in [0, 0.05) is 20.3 Å². The van der Waals surface area contributed by atoms with E-state index >= 15 is 0 Å². The molecule has 0 aliphatic rings. The fourth-order valence-electron chi connectivity index (χ4n) is 1.33. The summed E-state index contributed by atoms with van der Waals surface area (Å²) in [5, 5.41) is 11.7. The lowest BCUT2D eigenvalue weighted by atomic mass is 10.3. The second kappa shape index (κ2) is 6.64. The molecule has 0 amide bonds. The second-order valence-electron chi connectivity index (χ2n) is 4.07. The Morgan fingerprint density at radius 3 is 2.55 bits per heavy atom. The van der Waals surface area contributed by atoms with Gasteiger partial charge in [0.1, 0.15) is 16.8 Å². The maximum atomic E-state index is 11.8. The predicted octanol–water partition coefficient (Wildman–Crippen LogP) is -0.722. The number of pyridine rings is 1. The van der Waals surface area contributed by atoms with Crippen molar-refractivity contribution in [3.05, 3.63) is 18.3 Å². The fraction of sp³-hybridized carbons (Fsp3) is 0.455. The molecule has 1 aromatic rings. The van der Waals surface area contributed by atoms with E-state index in [9.17, 15) is 13.2 Å². The number of aliphatic hydroxyl groups excluding tert-OH is 1. The van der Waals surface area contributed by atoms with Crippen molar-refractivity contribution < 1.29 is 23.1 Å². The SMILES string of the molecule is COC(=O)C(CO)Nc1ccc(S(=O)(=O)N(C)C)cn1. The van der Waals surface area contributed by atoms with E-state index < -0.39 is 28.6 Å². The van der Waals surface area contributed by atoms with Gasteiger partial charge in [-0.1, -0.05) is 0 Å². The molecular weight excluding hydrogens is 286 g/mol. The summed E-state index contributed by atoms with van der Waals surface area (Å²) in [6.45, 7) is -0.466. The normalized spacial score (nSPS) is 13.1. The molecule has 8 nitrogen and oxygen atoms in total. The van der Waals surface area contributed by atoms with Gasteiger partial charge in [-0.25, -0.2) is 22.5 Å². The summed E-state index contributed by atoms with van der Waals surface area (Å²) >= 11 is 0. The largest absolute Gasteiger partial charge is 0.467 e. The van der Waals surface area contributed by atoms with E-state index in [-0.39, 0.29) is 10.7 Å². The van der Waals surface area contributed by atoms with Crippen LogP contribution in [0.1, 0.15) is 0 Å². The fourth-order valence-corrected chi connectivity index (χ4v) is 2.18. The van der Waals surface area contributed by atoms with Crippen LogP contribution in [-0.4, -0.2) is 62.6 Å². The quantitative estimate of drug-likeness (QED) is 0.667. The number of aliphatic hydroxyl groups is 1. The molecule has 9 heteroatoms. The summed E-state index contributed by atoms with van der Waals surface area (Å²) < 4.78 is 29.2. The minimum atomic E-state index is -3.55. The third kappa shape index (κ3) is 3.65. The highest BCUT2D eigenvalue weighted by molar-refractivity contribution is 7.89. The van der Waals surface area contributed by atoms with Gasteiger partial charge in [0.05, 0.1) is 13.7 Å². The van der Waals surface area contributed by atoms with E-state index in [4.69, 9.17) is 5.11 Å². The minimum absolute atomic E-state index is 0.0340. The van der Waals surface area contributed by atoms with Crippen molar-refractivity contribution in [1.29, 1.82) is 0 Å². The maximum Gasteiger partial charge on any atom is 0.330 e. The molecular formula is C11H17N3O5S. The number of nitrogens with zero attached hydrogens (tertiary/aromatic N) is 2. The Kier molecular flexibility index (Phi) is 5.43. The molecule has 112 valence electrons. The smallest absolute Gasteiger partial charge is 0.330 e. The summed E-state index contributed by atoms with van der Waals surface area (Å²) in [5.74, 6) is -0.383. The number of rotatable bonds is 6. The van der Waals surface area contributed by atoms with E-state index in [1.165, 1.54) is 39.5 Å². The number of methoxy groups -OCH3 is 1. The molecule has 0 radical (unpaired) electrons. The lowest BCUT2D eigenvalue weighted by Crippen LogP contribution is -2.34. The standard InChI is InChI=1S/C11H17N3O5S/c1-14(2)20(17,18)8-4-5-10(12-6-8)13-9(7-15)11(16)19-3/h4-6,9,15H,7H2,1-3H3,(H,12,13). The number of esters is 1. The number of aromatic nitrogens is 1. The van der Waals surface area contributed by atoms with Crippen LogP contribution in [0.15, 0.2) is 23.2 Å². The Labute approximate surface area is 117 Å². The number of sulfonamides is 1. The molecule has 1 rings (SSSR count). The van der Waals surface area contributed by atoms with Crippen LogP contribution >= 0.6 is 0 Å². The van der Waals surface area contributed by atoms with Crippen molar-refractivity contribution >= 4 is 21.8 Å². The van der Waals surface area contributed by atoms with Crippen LogP contribution in [0.4, 0.5) is 5.82 Å². The van der Waals surface area contributed by atoms with Gasteiger partial charge >= 0.3 is 5.97 Å². The predicted molar refractivity (Wildman–Crippen MR) is 71.6 cm³/mol. The third-order valence-electron chi connectivity index (χ3n) is 2.51. The molecule has 0 bridgehead atoms. The molecule has 1 aromatic heterocycles. The van der Waals surface area contributed by atoms with Gasteiger partial charge in [0.25, 0.3) is 0 Å². The van der Waals surface area contributed by atoms with Crippen LogP contribution in [0, 0.1) is 0 Å². The first kappa shape index (κ1) is 16.3. The van der Waals surface area contributed by atoms with Gasteiger partial charge in [0.15, 0.2) is 0 Å². The zero-order chi connectivity index (χ0) is 15.3. The van der Waals surface area contributed by atoms with Gasteiger partial charge in [-0.3, -0.25) is 0 Å². The molecule has 0 saturated carbocycles. The second-order valence-corrected chi connectivity index (χ2v) is 6.22. The Balaban J connectivity index is 2.90. The van der Waals surface area contributed by atoms with Gasteiger partial charge in [0.2, 0.25) is 10.0 Å². The van der Waals surface area contributed by atoms with Crippen molar-refractivity contribution in [1.82, 2.24) is 9.29 Å². The number of ether oxygens (including phenoxy) is 1. The average Bonchev–Trinajstić information content (AvgIpc) is 2.44. The average molecular weight is 303 g/mol. The molecule has 0 aliphatic carbocycles. The van der Waals surface area contributed by atoms with Crippen LogP contribution in [0.25, 0.3) is 0 Å². The van der Waals surface area contributed by atoms with Crippen molar-refractivity contribution in [2.24, 2.45) is 0 Å². The topological polar surface area (TPSA) is 109 Å². The molecule has 1 atom stereocenters. The number of hydrogen-bond acceptors (Lipinski definition) is 7. The number of carbonyl (C=O) groups is 1. The summed E-state index contributed by atoms with van der Waals surface area (Å²) in [7, 11) is 0.489. The number of nitrogens with one attached hydrogen (secondary N) is 1. The number of carbonyl (C=O) groups excluding carboxylic acids is 1. The minimum Gasteiger partial charge on any atom is -0.467 e. The van der Waals surface area contributed by atoms with E-state index in [0.717, 1.165) is 4.31 Å². The Morgan fingerprint density at radius 2 is 2.15 bits per heavy atom. The van der Waals surface area contributed by atoms with Crippen LogP contribution < -0.4 is 5.32 Å². The van der Waals surface area contributed by atoms with Crippen molar-refractivity contribution in [2.45, 2.75) is 10.9 Å². The van der Waals surface area contributed by atoms with Crippen LogP contribution in [0.2, 0.25) is 0 Å². The van der Waals surface area contributed by atoms with Crippen molar-refractivity contribution in [3.63, 3.8) is 0 Å². The Bertz CT molecular complexity index is 556. The van der Waals surface area contributed by atoms with Crippen molar-refractivity contribution in [2.75, 3.05) is 33.1 Å². The highest BCUT2D eigenvalue weighted by Crippen LogP contribution is 2.14. The van der Waals surface area contributed by atoms with Gasteiger partial charge in [-0.15, -0.1) is 0 Å². The first-order valence-electron chi connectivity index (χ1n) is 5.66. The molecule has 0 aromatic carbocycles. The molecule has 0 aliphatic heterocycles. The van der Waals surface area contributed by atoms with Gasteiger partial charge < -0.3 is 15.2 Å². The van der Waals surface area contributed by atoms with Crippen LogP contribution in [-0.2, 0) is 19.6 Å². The zero-order valence-electron chi connectivity index (χ0n) is 11.4. The Hall–Kier alpha value is -1.71. The third-order valence-corrected chi connectivity index (χ3v) is 4.30. The summed E-state index contributed by atoms with van der Waals surface area (Å²) in [6, 6.07) is 1.81. The zero-order valence-corrected chi connectivity index (χ0v) is 12.2. The van der Waals surface area contributed by atoms with E-state index in [1.54, 1.807) is 0 Å². The van der Waals surface area contributed by atoms with Gasteiger partial charge in [-0.05, 0) is 12.1 Å². The summed E-state index contributed by atoms with van der Waals surface area (Å²) in [4.78, 5) is 15.2. The first-order valence-corrected chi connectivity index (χ1v) is 7.10. The summed E-state index contributed by atoms with van der Waals surface area (Å²) in [5.41, 5.74) is 0. The lowest BCUT2D eigenvalue weighted by Gasteiger charge is -2.15. The van der Waals surface area contributed by atoms with E-state index in [0.29, 0.717) is 0 Å². The number of anilines is 1. The van der Waals surface area contributed by atoms with E-state index in [1.807, 2.05) is 0 Å². The molecule has 1 unspecified atom stereocenters. The van der Waals surface area contributed by atoms with Gasteiger partial charge in [-0.2, -0.15) is 0 Å². The Morgan fingerprint density at radius 1 is 1.50 bits per heavy atom. The summed E-state index contributed by atoms with van der Waals surface area (Å²) in [6.07, 6.45) is 1.17. The number of hydrogen-bond donors (Lipinski definition) is 2. The molecule has 20 heavy (non-hydrogen) atoms. The van der Waals surface area contributed by atoms with Crippen LogP contribution in [0.5, 0.6) is 0 Å². The molecule has 1 heterocycles. The van der Waals surface area contributed by atoms with Crippen LogP contribution in [0.3, 0.4) is 0 Å². The molecule has 0 fully saturated rings. The lowest BCUT2D eigenvalue weighted by molar-refractivity contribution is -0.142. The molecule has 0 saturated heterocycles.